The van der Waals surface area contributed by atoms with E-state index in [1.54, 1.807) is 4.90 Å². The van der Waals surface area contributed by atoms with Crippen LogP contribution in [0.5, 0.6) is 0 Å². The van der Waals surface area contributed by atoms with Crippen LogP contribution in [0.15, 0.2) is 29.2 Å². The smallest absolute Gasteiger partial charge is 0.289 e. The average molecular weight is 421 g/mol. The normalized spacial score (nSPS) is 17.1. The van der Waals surface area contributed by atoms with Crippen molar-refractivity contribution in [2.75, 3.05) is 26.2 Å². The number of para-hydroxylation sites is 1. The van der Waals surface area contributed by atoms with Gasteiger partial charge in [0.15, 0.2) is 4.90 Å². The molecular formula is C16H25ClN4O5S. The van der Waals surface area contributed by atoms with Gasteiger partial charge in [0.2, 0.25) is 15.9 Å². The van der Waals surface area contributed by atoms with Gasteiger partial charge >= 0.3 is 0 Å². The van der Waals surface area contributed by atoms with E-state index >= 15 is 0 Å². The van der Waals surface area contributed by atoms with Gasteiger partial charge in [-0.1, -0.05) is 32.9 Å². The third kappa shape index (κ3) is 4.95. The highest BCUT2D eigenvalue weighted by atomic mass is 35.5. The summed E-state index contributed by atoms with van der Waals surface area (Å²) in [4.78, 5) is 24.1. The van der Waals surface area contributed by atoms with Crippen LogP contribution in [0.4, 0.5) is 5.69 Å². The number of nitro benzene ring substituents is 1. The molecule has 0 bridgehead atoms. The molecule has 2 rings (SSSR count). The maximum atomic E-state index is 12.8. The van der Waals surface area contributed by atoms with E-state index in [1.165, 1.54) is 22.5 Å². The van der Waals surface area contributed by atoms with Crippen molar-refractivity contribution < 1.29 is 18.1 Å². The summed E-state index contributed by atoms with van der Waals surface area (Å²) in [5, 5.41) is 11.1. The highest BCUT2D eigenvalue weighted by Gasteiger charge is 2.37. The van der Waals surface area contributed by atoms with Gasteiger partial charge in [0.25, 0.3) is 5.69 Å². The zero-order valence-electron chi connectivity index (χ0n) is 15.5. The van der Waals surface area contributed by atoms with Gasteiger partial charge in [0.1, 0.15) is 0 Å². The molecule has 1 aliphatic rings. The lowest BCUT2D eigenvalue weighted by atomic mass is 9.86. The average Bonchev–Trinajstić information content (AvgIpc) is 2.59. The molecule has 1 amide bonds. The first-order valence-corrected chi connectivity index (χ1v) is 9.68. The lowest BCUT2D eigenvalue weighted by Gasteiger charge is -2.37. The van der Waals surface area contributed by atoms with Gasteiger partial charge < -0.3 is 10.6 Å². The molecule has 0 spiro atoms. The summed E-state index contributed by atoms with van der Waals surface area (Å²) in [6.07, 6.45) is 0. The van der Waals surface area contributed by atoms with Crippen molar-refractivity contribution in [3.63, 3.8) is 0 Å². The number of hydrogen-bond acceptors (Lipinski definition) is 6. The fraction of sp³-hybridized carbons (Fsp3) is 0.562. The first-order chi connectivity index (χ1) is 12.0. The predicted molar refractivity (Wildman–Crippen MR) is 103 cm³/mol. The van der Waals surface area contributed by atoms with Crippen molar-refractivity contribution in [3.05, 3.63) is 34.4 Å². The summed E-state index contributed by atoms with van der Waals surface area (Å²) in [5.74, 6) is -0.222. The van der Waals surface area contributed by atoms with E-state index in [1.807, 2.05) is 20.8 Å². The maximum absolute atomic E-state index is 12.8. The molecule has 0 saturated carbocycles. The van der Waals surface area contributed by atoms with Gasteiger partial charge in [-0.2, -0.15) is 4.31 Å². The summed E-state index contributed by atoms with van der Waals surface area (Å²) >= 11 is 0. The zero-order chi connectivity index (χ0) is 19.7. The number of hydrogen-bond donors (Lipinski definition) is 1. The minimum absolute atomic E-state index is 0. The van der Waals surface area contributed by atoms with Crippen molar-refractivity contribution in [2.45, 2.75) is 31.7 Å². The van der Waals surface area contributed by atoms with E-state index in [0.717, 1.165) is 6.07 Å². The summed E-state index contributed by atoms with van der Waals surface area (Å²) < 4.78 is 26.7. The van der Waals surface area contributed by atoms with E-state index in [4.69, 9.17) is 5.73 Å². The van der Waals surface area contributed by atoms with Gasteiger partial charge in [-0.25, -0.2) is 8.42 Å². The molecule has 1 aromatic rings. The quantitative estimate of drug-likeness (QED) is 0.576. The number of piperazine rings is 1. The second kappa shape index (κ2) is 8.51. The minimum Gasteiger partial charge on any atom is -0.339 e. The minimum atomic E-state index is -4.01. The Labute approximate surface area is 165 Å². The highest BCUT2D eigenvalue weighted by molar-refractivity contribution is 7.89. The fourth-order valence-electron chi connectivity index (χ4n) is 2.68. The Hall–Kier alpha value is -1.75. The maximum Gasteiger partial charge on any atom is 0.289 e. The molecule has 0 aliphatic carbocycles. The highest BCUT2D eigenvalue weighted by Crippen LogP contribution is 2.27. The molecule has 1 aliphatic heterocycles. The molecule has 1 saturated heterocycles. The number of amides is 1. The third-order valence-corrected chi connectivity index (χ3v) is 6.38. The van der Waals surface area contributed by atoms with Crippen LogP contribution in [0.3, 0.4) is 0 Å². The van der Waals surface area contributed by atoms with Gasteiger partial charge in [0.05, 0.1) is 11.0 Å². The summed E-state index contributed by atoms with van der Waals surface area (Å²) in [6, 6.07) is 4.57. The third-order valence-electron chi connectivity index (χ3n) is 4.43. The standard InChI is InChI=1S/C16H24N4O5S.ClH/c1-16(2,3)14(17)15(21)18-8-10-19(11-9-18)26(24,25)13-7-5-4-6-12(13)20(22)23;/h4-7,14H,8-11,17H2,1-3H3;1H/t14-;/m1./s1. The molecule has 9 nitrogen and oxygen atoms in total. The number of benzene rings is 1. The SMILES string of the molecule is CC(C)(C)[C@H](N)C(=O)N1CCN(S(=O)(=O)c2ccccc2[N+](=O)[O-])CC1.Cl. The fourth-order valence-corrected chi connectivity index (χ4v) is 4.26. The molecule has 1 atom stereocenters. The molecule has 27 heavy (non-hydrogen) atoms. The lowest BCUT2D eigenvalue weighted by molar-refractivity contribution is -0.387. The van der Waals surface area contributed by atoms with E-state index in [-0.39, 0.29) is 49.4 Å². The summed E-state index contributed by atoms with van der Waals surface area (Å²) in [6.45, 7) is 6.12. The number of nitro groups is 1. The number of halogens is 1. The molecule has 152 valence electrons. The molecule has 1 aromatic carbocycles. The Morgan fingerprint density at radius 3 is 2.19 bits per heavy atom. The number of nitrogens with zero attached hydrogens (tertiary/aromatic N) is 3. The number of rotatable bonds is 4. The molecular weight excluding hydrogens is 396 g/mol. The van der Waals surface area contributed by atoms with E-state index in [0.29, 0.717) is 0 Å². The molecule has 1 fully saturated rings. The Morgan fingerprint density at radius 2 is 1.70 bits per heavy atom. The first-order valence-electron chi connectivity index (χ1n) is 8.24. The van der Waals surface area contributed by atoms with Crippen LogP contribution in [-0.2, 0) is 14.8 Å². The topological polar surface area (TPSA) is 127 Å². The summed E-state index contributed by atoms with van der Waals surface area (Å²) in [7, 11) is -4.01. The molecule has 0 aromatic heterocycles. The molecule has 11 heteroatoms. The molecule has 0 unspecified atom stereocenters. The van der Waals surface area contributed by atoms with Gasteiger partial charge in [-0.15, -0.1) is 12.4 Å². The molecule has 0 radical (unpaired) electrons. The number of nitrogens with two attached hydrogens (primary N) is 1. The summed E-state index contributed by atoms with van der Waals surface area (Å²) in [5.41, 5.74) is 5.14. The van der Waals surface area contributed by atoms with Crippen LogP contribution in [0, 0.1) is 15.5 Å². The zero-order valence-corrected chi connectivity index (χ0v) is 17.1. The van der Waals surface area contributed by atoms with Gasteiger partial charge in [-0.05, 0) is 11.5 Å². The van der Waals surface area contributed by atoms with Crippen LogP contribution in [0.25, 0.3) is 0 Å². The van der Waals surface area contributed by atoms with E-state index in [9.17, 15) is 23.3 Å². The lowest BCUT2D eigenvalue weighted by Crippen LogP contribution is -2.56. The largest absolute Gasteiger partial charge is 0.339 e. The van der Waals surface area contributed by atoms with E-state index in [2.05, 4.69) is 0 Å². The Bertz CT molecular complexity index is 801. The van der Waals surface area contributed by atoms with Gasteiger partial charge in [-0.3, -0.25) is 14.9 Å². The molecule has 1 heterocycles. The number of carbonyl (C=O) groups excluding carboxylic acids is 1. The Balaban J connectivity index is 0.00000364. The Morgan fingerprint density at radius 1 is 1.19 bits per heavy atom. The second-order valence-electron chi connectivity index (χ2n) is 7.30. The number of sulfonamides is 1. The van der Waals surface area contributed by atoms with Crippen LogP contribution in [0.2, 0.25) is 0 Å². The van der Waals surface area contributed by atoms with E-state index < -0.39 is 32.1 Å². The predicted octanol–water partition coefficient (Wildman–Crippen LogP) is 1.22. The van der Waals surface area contributed by atoms with Crippen LogP contribution < -0.4 is 5.73 Å². The monoisotopic (exact) mass is 420 g/mol. The van der Waals surface area contributed by atoms with Crippen molar-refractivity contribution in [2.24, 2.45) is 11.1 Å². The van der Waals surface area contributed by atoms with Gasteiger partial charge in [0, 0.05) is 32.2 Å². The molecule has 2 N–H and O–H groups in total. The van der Waals surface area contributed by atoms with Crippen molar-refractivity contribution >= 4 is 34.0 Å². The van der Waals surface area contributed by atoms with Crippen molar-refractivity contribution in [1.82, 2.24) is 9.21 Å². The van der Waals surface area contributed by atoms with Crippen LogP contribution in [-0.4, -0.2) is 60.7 Å². The van der Waals surface area contributed by atoms with Crippen molar-refractivity contribution in [1.29, 1.82) is 0 Å². The first kappa shape index (κ1) is 23.3. The number of carbonyl (C=O) groups is 1. The second-order valence-corrected chi connectivity index (χ2v) is 9.20. The Kier molecular flexibility index (Phi) is 7.34. The van der Waals surface area contributed by atoms with Crippen LogP contribution in [0.1, 0.15) is 20.8 Å². The van der Waals surface area contributed by atoms with Crippen LogP contribution >= 0.6 is 12.4 Å². The van der Waals surface area contributed by atoms with Crippen molar-refractivity contribution in [3.8, 4) is 0 Å².